The van der Waals surface area contributed by atoms with Crippen LogP contribution >= 0.6 is 0 Å². The highest BCUT2D eigenvalue weighted by atomic mass is 19.1. The Morgan fingerprint density at radius 2 is 2.20 bits per heavy atom. The van der Waals surface area contributed by atoms with Crippen LogP contribution in [0.4, 0.5) is 4.39 Å². The van der Waals surface area contributed by atoms with Crippen molar-refractivity contribution in [2.75, 3.05) is 20.2 Å². The van der Waals surface area contributed by atoms with Gasteiger partial charge in [0.2, 0.25) is 5.91 Å². The summed E-state index contributed by atoms with van der Waals surface area (Å²) in [6.07, 6.45) is 0.659. The molecule has 1 rings (SSSR count). The number of halogens is 1. The van der Waals surface area contributed by atoms with E-state index in [-0.39, 0.29) is 17.6 Å². The average Bonchev–Trinajstić information content (AvgIpc) is 2.44. The molecule has 112 valence electrons. The van der Waals surface area contributed by atoms with Gasteiger partial charge in [-0.15, -0.1) is 0 Å². The largest absolute Gasteiger partial charge is 0.494 e. The Hall–Kier alpha value is -1.62. The van der Waals surface area contributed by atoms with Crippen molar-refractivity contribution in [3.63, 3.8) is 0 Å². The molecule has 0 spiro atoms. The summed E-state index contributed by atoms with van der Waals surface area (Å²) in [5, 5.41) is 0. The number of hydrogen-bond acceptors (Lipinski definition) is 3. The van der Waals surface area contributed by atoms with E-state index in [1.165, 1.54) is 13.2 Å². The molecular weight excluding hydrogens is 259 g/mol. The SMILES string of the molecule is CCN(Cc1ccc(OC)c(F)c1)C(=O)C(C)CCN. The van der Waals surface area contributed by atoms with Crippen molar-refractivity contribution >= 4 is 5.91 Å². The Morgan fingerprint density at radius 1 is 1.50 bits per heavy atom. The van der Waals surface area contributed by atoms with E-state index >= 15 is 0 Å². The van der Waals surface area contributed by atoms with Crippen molar-refractivity contribution in [2.45, 2.75) is 26.8 Å². The van der Waals surface area contributed by atoms with Gasteiger partial charge in [-0.1, -0.05) is 13.0 Å². The topological polar surface area (TPSA) is 55.6 Å². The van der Waals surface area contributed by atoms with E-state index in [0.717, 1.165) is 5.56 Å². The Morgan fingerprint density at radius 3 is 2.70 bits per heavy atom. The Balaban J connectivity index is 2.78. The molecule has 0 aromatic heterocycles. The highest BCUT2D eigenvalue weighted by molar-refractivity contribution is 5.78. The minimum atomic E-state index is -0.413. The molecule has 20 heavy (non-hydrogen) atoms. The van der Waals surface area contributed by atoms with Crippen LogP contribution in [0.5, 0.6) is 5.75 Å². The van der Waals surface area contributed by atoms with Crippen molar-refractivity contribution in [3.05, 3.63) is 29.6 Å². The standard InChI is InChI=1S/C15H23FN2O2/c1-4-18(15(19)11(2)7-8-17)10-12-5-6-14(20-3)13(16)9-12/h5-6,9,11H,4,7-8,10,17H2,1-3H3. The van der Waals surface area contributed by atoms with Gasteiger partial charge in [0.1, 0.15) is 0 Å². The van der Waals surface area contributed by atoms with E-state index in [9.17, 15) is 9.18 Å². The minimum Gasteiger partial charge on any atom is -0.494 e. The predicted octanol–water partition coefficient (Wildman–Crippen LogP) is 2.17. The number of carbonyl (C=O) groups is 1. The Labute approximate surface area is 119 Å². The lowest BCUT2D eigenvalue weighted by Gasteiger charge is -2.24. The zero-order valence-corrected chi connectivity index (χ0v) is 12.4. The molecule has 0 aliphatic rings. The molecule has 4 nitrogen and oxygen atoms in total. The Bertz CT molecular complexity index is 451. The second-order valence-electron chi connectivity index (χ2n) is 4.80. The first kappa shape index (κ1) is 16.4. The molecule has 0 aliphatic carbocycles. The molecule has 5 heteroatoms. The normalized spacial score (nSPS) is 12.1. The van der Waals surface area contributed by atoms with Gasteiger partial charge < -0.3 is 15.4 Å². The third-order valence-corrected chi connectivity index (χ3v) is 3.30. The summed E-state index contributed by atoms with van der Waals surface area (Å²) in [7, 11) is 1.43. The monoisotopic (exact) mass is 282 g/mol. The quantitative estimate of drug-likeness (QED) is 0.834. The fourth-order valence-electron chi connectivity index (χ4n) is 2.06. The van der Waals surface area contributed by atoms with E-state index < -0.39 is 5.82 Å². The van der Waals surface area contributed by atoms with E-state index in [1.54, 1.807) is 17.0 Å². The van der Waals surface area contributed by atoms with E-state index in [4.69, 9.17) is 10.5 Å². The molecule has 0 saturated carbocycles. The molecule has 1 aromatic rings. The van der Waals surface area contributed by atoms with Crippen LogP contribution in [0, 0.1) is 11.7 Å². The van der Waals surface area contributed by atoms with Gasteiger partial charge in [0.05, 0.1) is 7.11 Å². The molecule has 1 aromatic carbocycles. The molecular formula is C15H23FN2O2. The number of carbonyl (C=O) groups excluding carboxylic acids is 1. The van der Waals surface area contributed by atoms with Gasteiger partial charge in [0, 0.05) is 19.0 Å². The summed E-state index contributed by atoms with van der Waals surface area (Å²) in [5.41, 5.74) is 6.23. The third-order valence-electron chi connectivity index (χ3n) is 3.30. The van der Waals surface area contributed by atoms with E-state index in [2.05, 4.69) is 0 Å². The number of hydrogen-bond donors (Lipinski definition) is 1. The van der Waals surface area contributed by atoms with E-state index in [0.29, 0.717) is 26.1 Å². The lowest BCUT2D eigenvalue weighted by molar-refractivity contribution is -0.135. The van der Waals surface area contributed by atoms with E-state index in [1.807, 2.05) is 13.8 Å². The van der Waals surface area contributed by atoms with Crippen LogP contribution in [0.25, 0.3) is 0 Å². The van der Waals surface area contributed by atoms with Gasteiger partial charge in [-0.05, 0) is 37.6 Å². The number of methoxy groups -OCH3 is 1. The van der Waals surface area contributed by atoms with Crippen molar-refractivity contribution in [1.82, 2.24) is 4.90 Å². The van der Waals surface area contributed by atoms with Crippen molar-refractivity contribution in [3.8, 4) is 5.75 Å². The van der Waals surface area contributed by atoms with Crippen LogP contribution in [-0.4, -0.2) is 31.0 Å². The maximum atomic E-state index is 13.6. The highest BCUT2D eigenvalue weighted by Gasteiger charge is 2.19. The molecule has 1 unspecified atom stereocenters. The molecule has 0 fully saturated rings. The average molecular weight is 282 g/mol. The van der Waals surface area contributed by atoms with Crippen molar-refractivity contribution in [1.29, 1.82) is 0 Å². The highest BCUT2D eigenvalue weighted by Crippen LogP contribution is 2.19. The van der Waals surface area contributed by atoms with Crippen LogP contribution in [0.3, 0.4) is 0 Å². The molecule has 0 radical (unpaired) electrons. The fraction of sp³-hybridized carbons (Fsp3) is 0.533. The zero-order valence-electron chi connectivity index (χ0n) is 12.4. The molecule has 1 amide bonds. The maximum absolute atomic E-state index is 13.6. The Kier molecular flexibility index (Phi) is 6.45. The number of ether oxygens (including phenoxy) is 1. The maximum Gasteiger partial charge on any atom is 0.225 e. The van der Waals surface area contributed by atoms with Crippen LogP contribution in [-0.2, 0) is 11.3 Å². The second-order valence-corrected chi connectivity index (χ2v) is 4.80. The zero-order chi connectivity index (χ0) is 15.1. The number of benzene rings is 1. The molecule has 0 saturated heterocycles. The molecule has 0 aliphatic heterocycles. The summed E-state index contributed by atoms with van der Waals surface area (Å²) in [5.74, 6) is -0.264. The first-order chi connectivity index (χ1) is 9.53. The first-order valence-corrected chi connectivity index (χ1v) is 6.84. The number of nitrogens with two attached hydrogens (primary N) is 1. The summed E-state index contributed by atoms with van der Waals surface area (Å²) in [6.45, 7) is 5.24. The molecule has 1 atom stereocenters. The van der Waals surface area contributed by atoms with Gasteiger partial charge in [0.25, 0.3) is 0 Å². The number of amides is 1. The van der Waals surface area contributed by atoms with Gasteiger partial charge in [-0.25, -0.2) is 4.39 Å². The van der Waals surface area contributed by atoms with Crippen LogP contribution < -0.4 is 10.5 Å². The predicted molar refractivity (Wildman–Crippen MR) is 76.9 cm³/mol. The summed E-state index contributed by atoms with van der Waals surface area (Å²) < 4.78 is 18.5. The smallest absolute Gasteiger partial charge is 0.225 e. The van der Waals surface area contributed by atoms with Crippen LogP contribution in [0.15, 0.2) is 18.2 Å². The summed E-state index contributed by atoms with van der Waals surface area (Å²) >= 11 is 0. The van der Waals surface area contributed by atoms with Gasteiger partial charge in [-0.3, -0.25) is 4.79 Å². The minimum absolute atomic E-state index is 0.0502. The number of nitrogens with zero attached hydrogens (tertiary/aromatic N) is 1. The lowest BCUT2D eigenvalue weighted by Crippen LogP contribution is -2.35. The second kappa shape index (κ2) is 7.85. The van der Waals surface area contributed by atoms with Crippen molar-refractivity contribution < 1.29 is 13.9 Å². The summed E-state index contributed by atoms with van der Waals surface area (Å²) in [4.78, 5) is 13.9. The van der Waals surface area contributed by atoms with Crippen LogP contribution in [0.2, 0.25) is 0 Å². The first-order valence-electron chi connectivity index (χ1n) is 6.84. The molecule has 0 heterocycles. The van der Waals surface area contributed by atoms with Gasteiger partial charge in [0.15, 0.2) is 11.6 Å². The van der Waals surface area contributed by atoms with Gasteiger partial charge in [-0.2, -0.15) is 0 Å². The molecule has 0 bridgehead atoms. The van der Waals surface area contributed by atoms with Crippen molar-refractivity contribution in [2.24, 2.45) is 11.7 Å². The molecule has 2 N–H and O–H groups in total. The number of rotatable bonds is 7. The third kappa shape index (κ3) is 4.20. The van der Waals surface area contributed by atoms with Crippen LogP contribution in [0.1, 0.15) is 25.8 Å². The van der Waals surface area contributed by atoms with Gasteiger partial charge >= 0.3 is 0 Å². The fourth-order valence-corrected chi connectivity index (χ4v) is 2.06. The summed E-state index contributed by atoms with van der Waals surface area (Å²) in [6, 6.07) is 4.75. The lowest BCUT2D eigenvalue weighted by atomic mass is 10.1.